The van der Waals surface area contributed by atoms with Gasteiger partial charge in [-0.25, -0.2) is 8.78 Å². The number of rotatable bonds is 2. The summed E-state index contributed by atoms with van der Waals surface area (Å²) in [7, 11) is 0. The quantitative estimate of drug-likeness (QED) is 0.694. The van der Waals surface area contributed by atoms with Crippen LogP contribution in [0.5, 0.6) is 0 Å². The Morgan fingerprint density at radius 2 is 2.15 bits per heavy atom. The van der Waals surface area contributed by atoms with Crippen LogP contribution in [0.4, 0.5) is 8.78 Å². The average molecular weight is 182 g/mol. The molecule has 0 aliphatic heterocycles. The van der Waals surface area contributed by atoms with Crippen molar-refractivity contribution in [1.29, 1.82) is 0 Å². The lowest BCUT2D eigenvalue weighted by molar-refractivity contribution is 0.179. The van der Waals surface area contributed by atoms with Crippen molar-refractivity contribution in [2.45, 2.75) is 12.5 Å². The van der Waals surface area contributed by atoms with Gasteiger partial charge in [0.25, 0.3) is 0 Å². The lowest BCUT2D eigenvalue weighted by Crippen LogP contribution is -1.99. The predicted octanol–water partition coefficient (Wildman–Crippen LogP) is 2.02. The maximum atomic E-state index is 13.0. The van der Waals surface area contributed by atoms with Gasteiger partial charge in [0.2, 0.25) is 0 Å². The van der Waals surface area contributed by atoms with Gasteiger partial charge in [0.1, 0.15) is 11.6 Å². The molecule has 0 radical (unpaired) electrons. The molecule has 0 fully saturated rings. The molecule has 0 heterocycles. The number of benzene rings is 1. The number of aliphatic hydroxyl groups is 1. The minimum atomic E-state index is -1.06. The average Bonchev–Trinajstić information content (AvgIpc) is 2.04. The number of hydrogen-bond donors (Lipinski definition) is 1. The molecule has 3 heteroatoms. The third-order valence-corrected chi connectivity index (χ3v) is 1.63. The van der Waals surface area contributed by atoms with E-state index in [0.29, 0.717) is 0 Å². The molecule has 1 unspecified atom stereocenters. The van der Waals surface area contributed by atoms with Crippen LogP contribution in [0.3, 0.4) is 0 Å². The molecule has 0 saturated carbocycles. The second-order valence-corrected chi connectivity index (χ2v) is 2.59. The van der Waals surface area contributed by atoms with Gasteiger partial charge in [0.05, 0.1) is 6.10 Å². The topological polar surface area (TPSA) is 20.2 Å². The van der Waals surface area contributed by atoms with Gasteiger partial charge < -0.3 is 5.11 Å². The van der Waals surface area contributed by atoms with E-state index in [0.717, 1.165) is 12.1 Å². The van der Waals surface area contributed by atoms with Crippen LogP contribution in [0, 0.1) is 24.0 Å². The summed E-state index contributed by atoms with van der Waals surface area (Å²) in [5, 5.41) is 9.29. The van der Waals surface area contributed by atoms with Crippen molar-refractivity contribution in [1.82, 2.24) is 0 Å². The van der Waals surface area contributed by atoms with Gasteiger partial charge in [-0.1, -0.05) is 6.07 Å². The first-order valence-corrected chi connectivity index (χ1v) is 3.71. The van der Waals surface area contributed by atoms with E-state index in [2.05, 4.69) is 5.92 Å². The van der Waals surface area contributed by atoms with Crippen molar-refractivity contribution in [2.24, 2.45) is 0 Å². The van der Waals surface area contributed by atoms with E-state index in [1.165, 1.54) is 6.07 Å². The van der Waals surface area contributed by atoms with Gasteiger partial charge in [-0.05, 0) is 6.07 Å². The van der Waals surface area contributed by atoms with Gasteiger partial charge in [0, 0.05) is 18.1 Å². The molecule has 0 aliphatic rings. The number of hydrogen-bond acceptors (Lipinski definition) is 1. The Balaban J connectivity index is 2.96. The van der Waals surface area contributed by atoms with Crippen LogP contribution in [0.15, 0.2) is 18.2 Å². The molecule has 1 atom stereocenters. The molecule has 0 bridgehead atoms. The van der Waals surface area contributed by atoms with E-state index >= 15 is 0 Å². The molecule has 1 aromatic carbocycles. The highest BCUT2D eigenvalue weighted by Gasteiger charge is 2.11. The highest BCUT2D eigenvalue weighted by molar-refractivity contribution is 5.21. The third-order valence-electron chi connectivity index (χ3n) is 1.63. The molecular weight excluding hydrogens is 174 g/mol. The minimum absolute atomic E-state index is 0.0164. The van der Waals surface area contributed by atoms with Crippen molar-refractivity contribution in [3.8, 4) is 12.3 Å². The van der Waals surface area contributed by atoms with Crippen LogP contribution in [0.1, 0.15) is 18.1 Å². The molecule has 1 aromatic rings. The molecule has 1 nitrogen and oxygen atoms in total. The first-order valence-electron chi connectivity index (χ1n) is 3.71. The molecular formula is C10H8F2O. The van der Waals surface area contributed by atoms with Crippen molar-refractivity contribution in [3.63, 3.8) is 0 Å². The zero-order valence-corrected chi connectivity index (χ0v) is 6.80. The fourth-order valence-electron chi connectivity index (χ4n) is 0.993. The number of terminal acetylenes is 1. The van der Waals surface area contributed by atoms with Crippen molar-refractivity contribution in [2.75, 3.05) is 0 Å². The normalized spacial score (nSPS) is 12.2. The van der Waals surface area contributed by atoms with Crippen LogP contribution in [-0.2, 0) is 0 Å². The maximum Gasteiger partial charge on any atom is 0.131 e. The monoisotopic (exact) mass is 182 g/mol. The first-order chi connectivity index (χ1) is 6.15. The zero-order valence-electron chi connectivity index (χ0n) is 6.80. The second kappa shape index (κ2) is 4.01. The summed E-state index contributed by atoms with van der Waals surface area (Å²) in [6, 6.07) is 2.99. The first kappa shape index (κ1) is 9.69. The van der Waals surface area contributed by atoms with Crippen molar-refractivity contribution in [3.05, 3.63) is 35.4 Å². The maximum absolute atomic E-state index is 13.0. The number of aliphatic hydroxyl groups excluding tert-OH is 1. The third kappa shape index (κ3) is 2.27. The Hall–Kier alpha value is -1.40. The van der Waals surface area contributed by atoms with Crippen LogP contribution >= 0.6 is 0 Å². The molecule has 0 aromatic heterocycles. The molecule has 68 valence electrons. The highest BCUT2D eigenvalue weighted by Crippen LogP contribution is 2.19. The van der Waals surface area contributed by atoms with Crippen LogP contribution in [0.25, 0.3) is 0 Å². The summed E-state index contributed by atoms with van der Waals surface area (Å²) < 4.78 is 25.4. The smallest absolute Gasteiger partial charge is 0.131 e. The van der Waals surface area contributed by atoms with Gasteiger partial charge in [0.15, 0.2) is 0 Å². The van der Waals surface area contributed by atoms with Crippen molar-refractivity contribution >= 4 is 0 Å². The van der Waals surface area contributed by atoms with E-state index in [1.807, 2.05) is 0 Å². The molecule has 1 rings (SSSR count). The summed E-state index contributed by atoms with van der Waals surface area (Å²) in [5.74, 6) is 0.750. The highest BCUT2D eigenvalue weighted by atomic mass is 19.1. The van der Waals surface area contributed by atoms with Crippen LogP contribution in [0.2, 0.25) is 0 Å². The summed E-state index contributed by atoms with van der Waals surface area (Å²) in [5.41, 5.74) is 0.0272. The number of halogens is 2. The van der Waals surface area contributed by atoms with E-state index in [-0.39, 0.29) is 12.0 Å². The van der Waals surface area contributed by atoms with Crippen LogP contribution in [-0.4, -0.2) is 5.11 Å². The second-order valence-electron chi connectivity index (χ2n) is 2.59. The van der Waals surface area contributed by atoms with E-state index in [1.54, 1.807) is 0 Å². The van der Waals surface area contributed by atoms with Gasteiger partial charge >= 0.3 is 0 Å². The standard InChI is InChI=1S/C10H8F2O/c1-2-3-10(13)8-5-4-7(11)6-9(8)12/h1,4-6,10,13H,3H2. The lowest BCUT2D eigenvalue weighted by atomic mass is 10.1. The lowest BCUT2D eigenvalue weighted by Gasteiger charge is -2.07. The Bertz CT molecular complexity index is 341. The van der Waals surface area contributed by atoms with E-state index < -0.39 is 17.7 Å². The van der Waals surface area contributed by atoms with E-state index in [9.17, 15) is 13.9 Å². The predicted molar refractivity (Wildman–Crippen MR) is 44.8 cm³/mol. The largest absolute Gasteiger partial charge is 0.387 e. The summed E-state index contributed by atoms with van der Waals surface area (Å²) in [6.45, 7) is 0. The molecule has 0 saturated heterocycles. The zero-order chi connectivity index (χ0) is 9.84. The minimum Gasteiger partial charge on any atom is -0.387 e. The summed E-state index contributed by atoms with van der Waals surface area (Å²) in [6.07, 6.45) is 3.89. The Morgan fingerprint density at radius 3 is 2.69 bits per heavy atom. The summed E-state index contributed by atoms with van der Waals surface area (Å²) in [4.78, 5) is 0. The van der Waals surface area contributed by atoms with Gasteiger partial charge in [-0.15, -0.1) is 12.3 Å². The van der Waals surface area contributed by atoms with Crippen LogP contribution < -0.4 is 0 Å². The molecule has 13 heavy (non-hydrogen) atoms. The Kier molecular flexibility index (Phi) is 2.99. The fraction of sp³-hybridized carbons (Fsp3) is 0.200. The van der Waals surface area contributed by atoms with E-state index in [4.69, 9.17) is 6.42 Å². The molecule has 0 spiro atoms. The molecule has 0 aliphatic carbocycles. The molecule has 1 N–H and O–H groups in total. The Morgan fingerprint density at radius 1 is 1.46 bits per heavy atom. The van der Waals surface area contributed by atoms with Crippen molar-refractivity contribution < 1.29 is 13.9 Å². The Labute approximate surface area is 75.0 Å². The SMILES string of the molecule is C#CCC(O)c1ccc(F)cc1F. The molecule has 0 amide bonds. The van der Waals surface area contributed by atoms with Gasteiger partial charge in [-0.2, -0.15) is 0 Å². The van der Waals surface area contributed by atoms with Gasteiger partial charge in [-0.3, -0.25) is 0 Å². The fourth-order valence-corrected chi connectivity index (χ4v) is 0.993. The summed E-state index contributed by atoms with van der Waals surface area (Å²) >= 11 is 0.